The molecule has 0 bridgehead atoms. The van der Waals surface area contributed by atoms with Crippen LogP contribution in [0.1, 0.15) is 36.0 Å². The number of hydrogen-bond acceptors (Lipinski definition) is 4. The molecule has 1 amide bonds. The molecule has 0 radical (unpaired) electrons. The first-order valence-electron chi connectivity index (χ1n) is 8.82. The summed E-state index contributed by atoms with van der Waals surface area (Å²) in [6.45, 7) is 1.83. The van der Waals surface area contributed by atoms with Crippen molar-refractivity contribution >= 4 is 5.91 Å². The molecular formula is C19H21FN4O. The maximum atomic E-state index is 14.7. The molecule has 1 N–H and O–H groups in total. The Labute approximate surface area is 146 Å². The Kier molecular flexibility index (Phi) is 4.44. The van der Waals surface area contributed by atoms with Crippen LogP contribution in [0.15, 0.2) is 36.9 Å². The zero-order valence-corrected chi connectivity index (χ0v) is 14.0. The maximum Gasteiger partial charge on any atom is 0.257 e. The van der Waals surface area contributed by atoms with Crippen LogP contribution in [-0.2, 0) is 0 Å². The molecule has 2 aliphatic rings. The molecule has 130 valence electrons. The number of aromatic nitrogens is 2. The van der Waals surface area contributed by atoms with Crippen molar-refractivity contribution in [3.63, 3.8) is 0 Å². The van der Waals surface area contributed by atoms with E-state index in [1.807, 2.05) is 4.90 Å². The monoisotopic (exact) mass is 340 g/mol. The summed E-state index contributed by atoms with van der Waals surface area (Å²) in [5.41, 5.74) is 1.57. The van der Waals surface area contributed by atoms with E-state index in [9.17, 15) is 9.18 Å². The number of rotatable bonds is 4. The summed E-state index contributed by atoms with van der Waals surface area (Å²) >= 11 is 0. The number of nitrogens with zero attached hydrogens (tertiary/aromatic N) is 3. The Hall–Kier alpha value is -2.34. The van der Waals surface area contributed by atoms with Crippen LogP contribution in [0.5, 0.6) is 0 Å². The van der Waals surface area contributed by atoms with E-state index >= 15 is 0 Å². The lowest BCUT2D eigenvalue weighted by Crippen LogP contribution is -2.47. The van der Waals surface area contributed by atoms with Crippen molar-refractivity contribution in [3.05, 3.63) is 48.3 Å². The zero-order valence-electron chi connectivity index (χ0n) is 14.0. The summed E-state index contributed by atoms with van der Waals surface area (Å²) in [5.74, 6) is -0.659. The topological polar surface area (TPSA) is 58.1 Å². The SMILES string of the molecule is O=C(c1ccc(-c2cncnc2)cc1F)N(C1CCNCC1)C1CC1. The maximum absolute atomic E-state index is 14.7. The molecular weight excluding hydrogens is 319 g/mol. The molecule has 2 heterocycles. The van der Waals surface area contributed by atoms with E-state index in [1.54, 1.807) is 24.5 Å². The Morgan fingerprint density at radius 3 is 2.36 bits per heavy atom. The predicted octanol–water partition coefficient (Wildman–Crippen LogP) is 2.64. The van der Waals surface area contributed by atoms with E-state index in [1.165, 1.54) is 12.4 Å². The molecule has 1 aromatic carbocycles. The second-order valence-electron chi connectivity index (χ2n) is 6.75. The minimum Gasteiger partial charge on any atom is -0.332 e. The average Bonchev–Trinajstić information content (AvgIpc) is 3.48. The van der Waals surface area contributed by atoms with Crippen LogP contribution in [-0.4, -0.2) is 45.9 Å². The lowest BCUT2D eigenvalue weighted by Gasteiger charge is -2.35. The second kappa shape index (κ2) is 6.88. The molecule has 0 atom stereocenters. The van der Waals surface area contributed by atoms with E-state index < -0.39 is 5.82 Å². The van der Waals surface area contributed by atoms with Crippen molar-refractivity contribution in [2.24, 2.45) is 0 Å². The third-order valence-electron chi connectivity index (χ3n) is 4.97. The van der Waals surface area contributed by atoms with Gasteiger partial charge in [-0.05, 0) is 56.5 Å². The van der Waals surface area contributed by atoms with Crippen LogP contribution in [0.3, 0.4) is 0 Å². The molecule has 1 saturated carbocycles. The summed E-state index contributed by atoms with van der Waals surface area (Å²) in [6, 6.07) is 5.25. The molecule has 2 fully saturated rings. The summed E-state index contributed by atoms with van der Waals surface area (Å²) < 4.78 is 14.7. The average molecular weight is 340 g/mol. The quantitative estimate of drug-likeness (QED) is 0.930. The van der Waals surface area contributed by atoms with Crippen molar-refractivity contribution < 1.29 is 9.18 Å². The highest BCUT2D eigenvalue weighted by Crippen LogP contribution is 2.33. The van der Waals surface area contributed by atoms with E-state index in [0.29, 0.717) is 5.56 Å². The van der Waals surface area contributed by atoms with Crippen molar-refractivity contribution in [3.8, 4) is 11.1 Å². The van der Waals surface area contributed by atoms with Gasteiger partial charge < -0.3 is 10.2 Å². The first-order valence-corrected chi connectivity index (χ1v) is 8.82. The van der Waals surface area contributed by atoms with Crippen molar-refractivity contribution in [2.75, 3.05) is 13.1 Å². The van der Waals surface area contributed by atoms with Crippen LogP contribution in [0.4, 0.5) is 4.39 Å². The predicted molar refractivity (Wildman–Crippen MR) is 92.5 cm³/mol. The van der Waals surface area contributed by atoms with Gasteiger partial charge in [0.05, 0.1) is 5.56 Å². The second-order valence-corrected chi connectivity index (χ2v) is 6.75. The lowest BCUT2D eigenvalue weighted by molar-refractivity contribution is 0.0618. The Morgan fingerprint density at radius 1 is 1.04 bits per heavy atom. The lowest BCUT2D eigenvalue weighted by atomic mass is 10.0. The summed E-state index contributed by atoms with van der Waals surface area (Å²) in [5, 5.41) is 3.32. The molecule has 5 nitrogen and oxygen atoms in total. The molecule has 6 heteroatoms. The molecule has 0 spiro atoms. The molecule has 1 aliphatic carbocycles. The minimum atomic E-state index is -0.481. The number of hydrogen-bond donors (Lipinski definition) is 1. The number of carbonyl (C=O) groups is 1. The molecule has 1 aliphatic heterocycles. The van der Waals surface area contributed by atoms with Gasteiger partial charge in [-0.2, -0.15) is 0 Å². The van der Waals surface area contributed by atoms with Crippen molar-refractivity contribution in [2.45, 2.75) is 37.8 Å². The highest BCUT2D eigenvalue weighted by atomic mass is 19.1. The molecule has 4 rings (SSSR count). The zero-order chi connectivity index (χ0) is 17.2. The third kappa shape index (κ3) is 3.39. The fourth-order valence-electron chi connectivity index (χ4n) is 3.52. The number of carbonyl (C=O) groups excluding carboxylic acids is 1. The molecule has 1 aromatic heterocycles. The number of halogens is 1. The Balaban J connectivity index is 1.60. The summed E-state index contributed by atoms with van der Waals surface area (Å²) in [4.78, 5) is 22.9. The van der Waals surface area contributed by atoms with Gasteiger partial charge in [0.25, 0.3) is 5.91 Å². The molecule has 1 saturated heterocycles. The molecule has 2 aromatic rings. The number of piperidine rings is 1. The van der Waals surface area contributed by atoms with Crippen LogP contribution in [0.2, 0.25) is 0 Å². The first kappa shape index (κ1) is 16.1. The summed E-state index contributed by atoms with van der Waals surface area (Å²) in [7, 11) is 0. The largest absolute Gasteiger partial charge is 0.332 e. The number of benzene rings is 1. The van der Waals surface area contributed by atoms with Gasteiger partial charge in [0.2, 0.25) is 0 Å². The molecule has 0 unspecified atom stereocenters. The van der Waals surface area contributed by atoms with Gasteiger partial charge in [-0.25, -0.2) is 14.4 Å². The van der Waals surface area contributed by atoms with Crippen LogP contribution in [0.25, 0.3) is 11.1 Å². The van der Waals surface area contributed by atoms with Gasteiger partial charge in [-0.3, -0.25) is 4.79 Å². The van der Waals surface area contributed by atoms with E-state index in [0.717, 1.165) is 44.3 Å². The normalized spacial score (nSPS) is 18.1. The Bertz CT molecular complexity index is 757. The van der Waals surface area contributed by atoms with Crippen LogP contribution >= 0.6 is 0 Å². The van der Waals surface area contributed by atoms with Crippen molar-refractivity contribution in [1.29, 1.82) is 0 Å². The van der Waals surface area contributed by atoms with E-state index in [2.05, 4.69) is 15.3 Å². The number of amides is 1. The van der Waals surface area contributed by atoms with Gasteiger partial charge in [-0.1, -0.05) is 6.07 Å². The summed E-state index contributed by atoms with van der Waals surface area (Å²) in [6.07, 6.45) is 8.62. The van der Waals surface area contributed by atoms with Gasteiger partial charge >= 0.3 is 0 Å². The fourth-order valence-corrected chi connectivity index (χ4v) is 3.52. The van der Waals surface area contributed by atoms with E-state index in [-0.39, 0.29) is 23.6 Å². The van der Waals surface area contributed by atoms with Gasteiger partial charge in [-0.15, -0.1) is 0 Å². The van der Waals surface area contributed by atoms with Crippen LogP contribution in [0, 0.1) is 5.82 Å². The van der Waals surface area contributed by atoms with Gasteiger partial charge in [0, 0.05) is 30.0 Å². The van der Waals surface area contributed by atoms with Gasteiger partial charge in [0.15, 0.2) is 0 Å². The smallest absolute Gasteiger partial charge is 0.257 e. The van der Waals surface area contributed by atoms with Gasteiger partial charge in [0.1, 0.15) is 12.1 Å². The molecule has 25 heavy (non-hydrogen) atoms. The van der Waals surface area contributed by atoms with E-state index in [4.69, 9.17) is 0 Å². The fraction of sp³-hybridized carbons (Fsp3) is 0.421. The first-order chi connectivity index (χ1) is 12.2. The minimum absolute atomic E-state index is 0.158. The highest BCUT2D eigenvalue weighted by Gasteiger charge is 2.38. The van der Waals surface area contributed by atoms with Crippen LogP contribution < -0.4 is 5.32 Å². The highest BCUT2D eigenvalue weighted by molar-refractivity contribution is 5.95. The number of nitrogens with one attached hydrogen (secondary N) is 1. The third-order valence-corrected chi connectivity index (χ3v) is 4.97. The van der Waals surface area contributed by atoms with Crippen molar-refractivity contribution in [1.82, 2.24) is 20.2 Å². The standard InChI is InChI=1S/C19H21FN4O/c20-18-9-13(14-10-22-12-23-11-14)1-4-17(18)19(25)24(15-2-3-15)16-5-7-21-8-6-16/h1,4,9-12,15-16,21H,2-3,5-8H2. The Morgan fingerprint density at radius 2 is 1.72 bits per heavy atom.